The molecule has 10 nitrogen and oxygen atoms in total. The molecular formula is C24H31N7O3. The Morgan fingerprint density at radius 3 is 2.74 bits per heavy atom. The molecule has 2 aliphatic rings. The molecule has 0 radical (unpaired) electrons. The van der Waals surface area contributed by atoms with Crippen molar-refractivity contribution in [2.75, 3.05) is 17.7 Å². The molecule has 0 saturated heterocycles. The van der Waals surface area contributed by atoms with Crippen molar-refractivity contribution in [3.8, 4) is 0 Å². The standard InChI is InChI=1S/C24H31N7O3/c1-14-9-10-16(14)28-23(33)15-13-26-31-21(25-2)12-20(29-22(15)31)27-17-6-5-11-30(24(17)34)18-7-3-4-8-19(18)32/h5-6,11-14,16,18-19,25,32H,3-4,7-10H2,1-2H3,(H,27,29)(H,28,33)/t14-,16+,18+,19-/m1/s1. The van der Waals surface area contributed by atoms with Gasteiger partial charge in [-0.05, 0) is 43.7 Å². The van der Waals surface area contributed by atoms with E-state index in [1.165, 1.54) is 6.20 Å². The summed E-state index contributed by atoms with van der Waals surface area (Å²) in [4.78, 5) is 30.8. The van der Waals surface area contributed by atoms with Crippen molar-refractivity contribution in [1.29, 1.82) is 0 Å². The molecule has 1 amide bonds. The highest BCUT2D eigenvalue weighted by molar-refractivity contribution is 6.00. The summed E-state index contributed by atoms with van der Waals surface area (Å²) in [5.41, 5.74) is 0.924. The van der Waals surface area contributed by atoms with E-state index in [-0.39, 0.29) is 23.6 Å². The molecule has 10 heteroatoms. The zero-order chi connectivity index (χ0) is 23.8. The number of rotatable bonds is 6. The lowest BCUT2D eigenvalue weighted by molar-refractivity contribution is 0.0739. The summed E-state index contributed by atoms with van der Waals surface area (Å²) in [6.07, 6.45) is 8.24. The van der Waals surface area contributed by atoms with Gasteiger partial charge in [-0.3, -0.25) is 9.59 Å². The van der Waals surface area contributed by atoms with Crippen molar-refractivity contribution in [3.63, 3.8) is 0 Å². The number of nitrogens with one attached hydrogen (secondary N) is 3. The van der Waals surface area contributed by atoms with Gasteiger partial charge in [-0.15, -0.1) is 0 Å². The number of hydrogen-bond acceptors (Lipinski definition) is 7. The number of nitrogens with zero attached hydrogens (tertiary/aromatic N) is 4. The molecule has 180 valence electrons. The molecule has 3 aromatic rings. The van der Waals surface area contributed by atoms with Crippen LogP contribution in [-0.2, 0) is 0 Å². The highest BCUT2D eigenvalue weighted by atomic mass is 16.3. The smallest absolute Gasteiger partial charge is 0.274 e. The third-order valence-electron chi connectivity index (χ3n) is 7.20. The van der Waals surface area contributed by atoms with Crippen LogP contribution in [0.2, 0.25) is 0 Å². The van der Waals surface area contributed by atoms with Crippen LogP contribution in [0.1, 0.15) is 61.8 Å². The molecule has 0 spiro atoms. The normalized spacial score (nSPS) is 24.4. The van der Waals surface area contributed by atoms with Gasteiger partial charge in [0.15, 0.2) is 5.65 Å². The predicted molar refractivity (Wildman–Crippen MR) is 130 cm³/mol. The fraction of sp³-hybridized carbons (Fsp3) is 0.500. The largest absolute Gasteiger partial charge is 0.391 e. The van der Waals surface area contributed by atoms with E-state index < -0.39 is 6.10 Å². The maximum absolute atomic E-state index is 13.2. The average Bonchev–Trinajstić information content (AvgIpc) is 3.27. The fourth-order valence-electron chi connectivity index (χ4n) is 4.91. The number of aromatic nitrogens is 4. The Bertz CT molecular complexity index is 1270. The molecule has 2 saturated carbocycles. The van der Waals surface area contributed by atoms with E-state index in [4.69, 9.17) is 0 Å². The zero-order valence-corrected chi connectivity index (χ0v) is 19.5. The van der Waals surface area contributed by atoms with E-state index in [9.17, 15) is 14.7 Å². The summed E-state index contributed by atoms with van der Waals surface area (Å²) in [6.45, 7) is 2.13. The molecule has 34 heavy (non-hydrogen) atoms. The average molecular weight is 466 g/mol. The van der Waals surface area contributed by atoms with Gasteiger partial charge in [-0.25, -0.2) is 4.98 Å². The molecular weight excluding hydrogens is 434 g/mol. The first-order chi connectivity index (χ1) is 16.5. The summed E-state index contributed by atoms with van der Waals surface area (Å²) in [5, 5.41) is 24.0. The Kier molecular flexibility index (Phi) is 5.99. The number of aliphatic hydroxyl groups is 1. The van der Waals surface area contributed by atoms with Gasteiger partial charge in [0.25, 0.3) is 11.5 Å². The maximum Gasteiger partial charge on any atom is 0.274 e. The van der Waals surface area contributed by atoms with Crippen LogP contribution in [0.4, 0.5) is 17.3 Å². The summed E-state index contributed by atoms with van der Waals surface area (Å²) < 4.78 is 3.19. The van der Waals surface area contributed by atoms with Crippen LogP contribution in [0.3, 0.4) is 0 Å². The van der Waals surface area contributed by atoms with Crippen molar-refractivity contribution >= 4 is 28.9 Å². The topological polar surface area (TPSA) is 126 Å². The first-order valence-corrected chi connectivity index (χ1v) is 12.0. The number of amides is 1. The van der Waals surface area contributed by atoms with E-state index in [0.29, 0.717) is 40.9 Å². The van der Waals surface area contributed by atoms with Crippen LogP contribution < -0.4 is 21.5 Å². The second kappa shape index (κ2) is 9.09. The van der Waals surface area contributed by atoms with E-state index >= 15 is 0 Å². The van der Waals surface area contributed by atoms with Crippen molar-refractivity contribution in [2.24, 2.45) is 5.92 Å². The van der Waals surface area contributed by atoms with Crippen molar-refractivity contribution in [2.45, 2.75) is 63.6 Å². The molecule has 3 heterocycles. The second-order valence-electron chi connectivity index (χ2n) is 9.38. The minimum Gasteiger partial charge on any atom is -0.391 e. The van der Waals surface area contributed by atoms with E-state index in [1.807, 2.05) is 0 Å². The number of carbonyl (C=O) groups excluding carboxylic acids is 1. The Labute approximate surface area is 197 Å². The Balaban J connectivity index is 1.47. The van der Waals surface area contributed by atoms with Crippen LogP contribution in [0.5, 0.6) is 0 Å². The van der Waals surface area contributed by atoms with Gasteiger partial charge in [0, 0.05) is 25.4 Å². The molecule has 5 rings (SSSR count). The van der Waals surface area contributed by atoms with Gasteiger partial charge in [0.1, 0.15) is 22.9 Å². The van der Waals surface area contributed by atoms with E-state index in [0.717, 1.165) is 32.1 Å². The molecule has 3 aromatic heterocycles. The second-order valence-corrected chi connectivity index (χ2v) is 9.38. The molecule has 0 aromatic carbocycles. The van der Waals surface area contributed by atoms with Crippen LogP contribution in [0, 0.1) is 5.92 Å². The highest BCUT2D eigenvalue weighted by Gasteiger charge is 2.30. The zero-order valence-electron chi connectivity index (χ0n) is 19.5. The third-order valence-corrected chi connectivity index (χ3v) is 7.20. The molecule has 4 atom stereocenters. The van der Waals surface area contributed by atoms with Crippen LogP contribution >= 0.6 is 0 Å². The fourth-order valence-corrected chi connectivity index (χ4v) is 4.91. The number of carbonyl (C=O) groups is 1. The molecule has 2 aliphatic carbocycles. The molecule has 0 aliphatic heterocycles. The van der Waals surface area contributed by atoms with Crippen molar-refractivity contribution in [3.05, 3.63) is 46.5 Å². The highest BCUT2D eigenvalue weighted by Crippen LogP contribution is 2.29. The van der Waals surface area contributed by atoms with Gasteiger partial charge in [0.05, 0.1) is 18.3 Å². The van der Waals surface area contributed by atoms with Gasteiger partial charge < -0.3 is 25.6 Å². The SMILES string of the molecule is CNc1cc(Nc2cccn([C@H]3CCCC[C@H]3O)c2=O)nc2c(C(=O)N[C@H]3CC[C@H]3C)cnn12. The summed E-state index contributed by atoms with van der Waals surface area (Å²) in [6, 6.07) is 5.17. The van der Waals surface area contributed by atoms with Crippen LogP contribution in [-0.4, -0.2) is 49.4 Å². The first kappa shape index (κ1) is 22.4. The first-order valence-electron chi connectivity index (χ1n) is 12.0. The Morgan fingerprint density at radius 1 is 1.21 bits per heavy atom. The monoisotopic (exact) mass is 465 g/mol. The van der Waals surface area contributed by atoms with Crippen molar-refractivity contribution in [1.82, 2.24) is 24.5 Å². The van der Waals surface area contributed by atoms with E-state index in [2.05, 4.69) is 33.0 Å². The van der Waals surface area contributed by atoms with Gasteiger partial charge >= 0.3 is 0 Å². The lowest BCUT2D eigenvalue weighted by Gasteiger charge is -2.34. The van der Waals surface area contributed by atoms with Crippen LogP contribution in [0.15, 0.2) is 35.4 Å². The number of anilines is 3. The van der Waals surface area contributed by atoms with Crippen LogP contribution in [0.25, 0.3) is 5.65 Å². The van der Waals surface area contributed by atoms with Gasteiger partial charge in [0.2, 0.25) is 0 Å². The van der Waals surface area contributed by atoms with E-state index in [1.54, 1.807) is 40.5 Å². The third kappa shape index (κ3) is 4.02. The summed E-state index contributed by atoms with van der Waals surface area (Å²) in [5.74, 6) is 1.31. The lowest BCUT2D eigenvalue weighted by atomic mass is 9.81. The molecule has 4 N–H and O–H groups in total. The Morgan fingerprint density at radius 2 is 2.03 bits per heavy atom. The van der Waals surface area contributed by atoms with Gasteiger partial charge in [-0.1, -0.05) is 19.8 Å². The number of hydrogen-bond donors (Lipinski definition) is 4. The quantitative estimate of drug-likeness (QED) is 0.441. The lowest BCUT2D eigenvalue weighted by Crippen LogP contribution is -2.45. The summed E-state index contributed by atoms with van der Waals surface area (Å²) >= 11 is 0. The minimum absolute atomic E-state index is 0.172. The Hall–Kier alpha value is -3.40. The maximum atomic E-state index is 13.2. The van der Waals surface area contributed by atoms with Crippen molar-refractivity contribution < 1.29 is 9.90 Å². The minimum atomic E-state index is -0.529. The number of pyridine rings is 1. The molecule has 0 unspecified atom stereocenters. The summed E-state index contributed by atoms with van der Waals surface area (Å²) in [7, 11) is 1.76. The number of fused-ring (bicyclic) bond motifs is 1. The number of aliphatic hydroxyl groups excluding tert-OH is 1. The molecule has 0 bridgehead atoms. The predicted octanol–water partition coefficient (Wildman–Crippen LogP) is 2.68. The van der Waals surface area contributed by atoms with Gasteiger partial charge in [-0.2, -0.15) is 9.61 Å². The molecule has 2 fully saturated rings.